The number of hydrogen-bond donors (Lipinski definition) is 3. The summed E-state index contributed by atoms with van der Waals surface area (Å²) < 4.78 is 0. The average molecular weight is 181 g/mol. The monoisotopic (exact) mass is 181 g/mol. The van der Waals surface area contributed by atoms with E-state index in [0.717, 1.165) is 24.1 Å². The quantitative estimate of drug-likeness (QED) is 0.477. The molecule has 0 saturated heterocycles. The maximum atomic E-state index is 8.62. The molecule has 0 heterocycles. The zero-order chi connectivity index (χ0) is 9.68. The zero-order valence-corrected chi connectivity index (χ0v) is 7.48. The number of aliphatic hydroxyl groups excluding tert-OH is 1. The number of aryl methyl sites for hydroxylation is 1. The largest absolute Gasteiger partial charge is 0.399 e. The highest BCUT2D eigenvalue weighted by molar-refractivity contribution is 5.40. The first-order valence-electron chi connectivity index (χ1n) is 4.39. The third-order valence-corrected chi connectivity index (χ3v) is 1.88. The van der Waals surface area contributed by atoms with Gasteiger partial charge in [0.1, 0.15) is 0 Å². The first-order chi connectivity index (χ1) is 6.18. The molecule has 1 rings (SSSR count). The van der Waals surface area contributed by atoms with Gasteiger partial charge < -0.3 is 15.9 Å². The van der Waals surface area contributed by atoms with Gasteiger partial charge in [0.05, 0.1) is 0 Å². The van der Waals surface area contributed by atoms with Crippen LogP contribution in [-0.4, -0.2) is 16.5 Å². The molecular weight excluding hydrogens is 166 g/mol. The Kier molecular flexibility index (Phi) is 3.73. The molecule has 1 aromatic rings. The van der Waals surface area contributed by atoms with Crippen molar-refractivity contribution in [3.63, 3.8) is 0 Å². The van der Waals surface area contributed by atoms with E-state index in [1.807, 2.05) is 24.3 Å². The molecule has 0 spiro atoms. The minimum atomic E-state index is -1.19. The number of benzene rings is 1. The topological polar surface area (TPSA) is 66.5 Å². The van der Waals surface area contributed by atoms with Gasteiger partial charge in [0, 0.05) is 5.69 Å². The van der Waals surface area contributed by atoms with Crippen LogP contribution in [0.25, 0.3) is 0 Å². The van der Waals surface area contributed by atoms with E-state index in [2.05, 4.69) is 0 Å². The molecule has 0 radical (unpaired) electrons. The summed E-state index contributed by atoms with van der Waals surface area (Å²) in [5.41, 5.74) is 7.48. The van der Waals surface area contributed by atoms with Crippen molar-refractivity contribution in [2.24, 2.45) is 0 Å². The number of aliphatic hydroxyl groups is 2. The van der Waals surface area contributed by atoms with Gasteiger partial charge in [-0.15, -0.1) is 0 Å². The molecule has 0 aliphatic heterocycles. The first-order valence-corrected chi connectivity index (χ1v) is 4.39. The maximum absolute atomic E-state index is 8.62. The molecule has 0 atom stereocenters. The summed E-state index contributed by atoms with van der Waals surface area (Å²) in [6, 6.07) is 7.63. The predicted octanol–water partition coefficient (Wildman–Crippen LogP) is 0.902. The fourth-order valence-corrected chi connectivity index (χ4v) is 1.24. The van der Waals surface area contributed by atoms with Gasteiger partial charge in [-0.1, -0.05) is 12.1 Å². The molecular formula is C10H15NO2. The summed E-state index contributed by atoms with van der Waals surface area (Å²) in [6.45, 7) is 0. The van der Waals surface area contributed by atoms with Crippen LogP contribution in [0.3, 0.4) is 0 Å². The molecule has 13 heavy (non-hydrogen) atoms. The molecule has 0 bridgehead atoms. The van der Waals surface area contributed by atoms with Crippen molar-refractivity contribution in [2.75, 3.05) is 5.73 Å². The SMILES string of the molecule is Nc1cccc(CCCC(O)O)c1. The van der Waals surface area contributed by atoms with E-state index in [-0.39, 0.29) is 0 Å². The van der Waals surface area contributed by atoms with Crippen molar-refractivity contribution in [3.8, 4) is 0 Å². The van der Waals surface area contributed by atoms with Gasteiger partial charge in [-0.2, -0.15) is 0 Å². The van der Waals surface area contributed by atoms with E-state index in [1.165, 1.54) is 0 Å². The Balaban J connectivity index is 2.37. The Hall–Kier alpha value is -1.06. The lowest BCUT2D eigenvalue weighted by molar-refractivity contribution is -0.0461. The van der Waals surface area contributed by atoms with Crippen LogP contribution in [0.5, 0.6) is 0 Å². The Morgan fingerprint density at radius 1 is 1.31 bits per heavy atom. The molecule has 4 N–H and O–H groups in total. The van der Waals surface area contributed by atoms with E-state index in [9.17, 15) is 0 Å². The number of hydrogen-bond acceptors (Lipinski definition) is 3. The molecule has 1 aromatic carbocycles. The fourth-order valence-electron chi connectivity index (χ4n) is 1.24. The lowest BCUT2D eigenvalue weighted by Crippen LogP contribution is -2.04. The molecule has 0 amide bonds. The van der Waals surface area contributed by atoms with Crippen LogP contribution in [0.1, 0.15) is 18.4 Å². The van der Waals surface area contributed by atoms with Gasteiger partial charge in [-0.05, 0) is 37.0 Å². The number of nitrogen functional groups attached to an aromatic ring is 1. The molecule has 0 aromatic heterocycles. The molecule has 0 aliphatic carbocycles. The maximum Gasteiger partial charge on any atom is 0.151 e. The molecule has 0 unspecified atom stereocenters. The van der Waals surface area contributed by atoms with E-state index < -0.39 is 6.29 Å². The minimum Gasteiger partial charge on any atom is -0.399 e. The second kappa shape index (κ2) is 4.84. The van der Waals surface area contributed by atoms with Crippen molar-refractivity contribution in [1.29, 1.82) is 0 Å². The lowest BCUT2D eigenvalue weighted by atomic mass is 10.1. The summed E-state index contributed by atoms with van der Waals surface area (Å²) in [5, 5.41) is 17.2. The summed E-state index contributed by atoms with van der Waals surface area (Å²) in [4.78, 5) is 0. The van der Waals surface area contributed by atoms with Crippen LogP contribution < -0.4 is 5.73 Å². The Bertz CT molecular complexity index is 261. The summed E-state index contributed by atoms with van der Waals surface area (Å²) >= 11 is 0. The third kappa shape index (κ3) is 3.92. The molecule has 0 saturated carbocycles. The van der Waals surface area contributed by atoms with Crippen LogP contribution in [0.15, 0.2) is 24.3 Å². The Morgan fingerprint density at radius 2 is 2.08 bits per heavy atom. The molecule has 0 aliphatic rings. The average Bonchev–Trinajstić information content (AvgIpc) is 2.03. The second-order valence-electron chi connectivity index (χ2n) is 3.12. The zero-order valence-electron chi connectivity index (χ0n) is 7.48. The molecule has 0 fully saturated rings. The van der Waals surface area contributed by atoms with E-state index in [0.29, 0.717) is 6.42 Å². The Morgan fingerprint density at radius 3 is 2.69 bits per heavy atom. The summed E-state index contributed by atoms with van der Waals surface area (Å²) in [6.07, 6.45) is 0.819. The van der Waals surface area contributed by atoms with Gasteiger partial charge in [-0.25, -0.2) is 0 Å². The highest BCUT2D eigenvalue weighted by atomic mass is 16.5. The number of nitrogens with two attached hydrogens (primary N) is 1. The van der Waals surface area contributed by atoms with Crippen molar-refractivity contribution in [1.82, 2.24) is 0 Å². The normalized spacial score (nSPS) is 10.7. The van der Waals surface area contributed by atoms with E-state index in [1.54, 1.807) is 0 Å². The van der Waals surface area contributed by atoms with Gasteiger partial charge in [0.2, 0.25) is 0 Å². The van der Waals surface area contributed by atoms with Gasteiger partial charge in [-0.3, -0.25) is 0 Å². The van der Waals surface area contributed by atoms with Crippen LogP contribution >= 0.6 is 0 Å². The molecule has 3 nitrogen and oxygen atoms in total. The standard InChI is InChI=1S/C10H15NO2/c11-9-5-1-3-8(7-9)4-2-6-10(12)13/h1,3,5,7,10,12-13H,2,4,6,11H2. The van der Waals surface area contributed by atoms with Crippen LogP contribution in [0.2, 0.25) is 0 Å². The summed E-state index contributed by atoms with van der Waals surface area (Å²) in [5.74, 6) is 0. The number of anilines is 1. The highest BCUT2D eigenvalue weighted by Gasteiger charge is 1.98. The van der Waals surface area contributed by atoms with E-state index >= 15 is 0 Å². The predicted molar refractivity (Wildman–Crippen MR) is 52.0 cm³/mol. The highest BCUT2D eigenvalue weighted by Crippen LogP contribution is 2.10. The van der Waals surface area contributed by atoms with Crippen LogP contribution in [0.4, 0.5) is 5.69 Å². The van der Waals surface area contributed by atoms with Crippen molar-refractivity contribution < 1.29 is 10.2 Å². The van der Waals surface area contributed by atoms with Crippen molar-refractivity contribution in [2.45, 2.75) is 25.6 Å². The smallest absolute Gasteiger partial charge is 0.151 e. The van der Waals surface area contributed by atoms with Gasteiger partial charge in [0.15, 0.2) is 6.29 Å². The minimum absolute atomic E-state index is 0.412. The second-order valence-corrected chi connectivity index (χ2v) is 3.12. The fraction of sp³-hybridized carbons (Fsp3) is 0.400. The lowest BCUT2D eigenvalue weighted by Gasteiger charge is -2.03. The van der Waals surface area contributed by atoms with E-state index in [4.69, 9.17) is 15.9 Å². The summed E-state index contributed by atoms with van der Waals surface area (Å²) in [7, 11) is 0. The van der Waals surface area contributed by atoms with Gasteiger partial charge >= 0.3 is 0 Å². The van der Waals surface area contributed by atoms with Crippen molar-refractivity contribution >= 4 is 5.69 Å². The third-order valence-electron chi connectivity index (χ3n) is 1.88. The number of rotatable bonds is 4. The van der Waals surface area contributed by atoms with Crippen LogP contribution in [-0.2, 0) is 6.42 Å². The van der Waals surface area contributed by atoms with Crippen molar-refractivity contribution in [3.05, 3.63) is 29.8 Å². The molecule has 3 heteroatoms. The van der Waals surface area contributed by atoms with Gasteiger partial charge in [0.25, 0.3) is 0 Å². The first kappa shape index (κ1) is 10.0. The van der Waals surface area contributed by atoms with Crippen LogP contribution in [0, 0.1) is 0 Å². The molecule has 72 valence electrons. The Labute approximate surface area is 77.8 Å².